The third-order valence-electron chi connectivity index (χ3n) is 6.65. The summed E-state index contributed by atoms with van der Waals surface area (Å²) in [6, 6.07) is 6.06. The molecule has 1 saturated heterocycles. The van der Waals surface area contributed by atoms with Crippen LogP contribution in [0.25, 0.3) is 0 Å². The summed E-state index contributed by atoms with van der Waals surface area (Å²) in [5, 5.41) is 16.2. The summed E-state index contributed by atoms with van der Waals surface area (Å²) < 4.78 is 0. The van der Waals surface area contributed by atoms with Gasteiger partial charge in [-0.3, -0.25) is 9.59 Å². The molecule has 4 rings (SSSR count). The molecule has 1 aliphatic heterocycles. The lowest BCUT2D eigenvalue weighted by Crippen LogP contribution is -2.39. The van der Waals surface area contributed by atoms with Crippen LogP contribution in [0, 0.1) is 30.1 Å². The number of nitriles is 1. The van der Waals surface area contributed by atoms with Crippen LogP contribution < -0.4 is 10.6 Å². The molecule has 2 aromatic rings. The highest BCUT2D eigenvalue weighted by Gasteiger charge is 2.27. The van der Waals surface area contributed by atoms with Gasteiger partial charge < -0.3 is 15.5 Å². The van der Waals surface area contributed by atoms with E-state index >= 15 is 0 Å². The van der Waals surface area contributed by atoms with Crippen molar-refractivity contribution in [2.45, 2.75) is 52.4 Å². The largest absolute Gasteiger partial charge is 0.317 e. The van der Waals surface area contributed by atoms with Crippen LogP contribution in [0.3, 0.4) is 0 Å². The van der Waals surface area contributed by atoms with E-state index in [0.29, 0.717) is 35.3 Å². The van der Waals surface area contributed by atoms with Crippen LogP contribution in [0.4, 0.5) is 10.8 Å². The molecule has 2 aliphatic rings. The molecule has 0 radical (unpaired) electrons. The van der Waals surface area contributed by atoms with E-state index in [-0.39, 0.29) is 17.7 Å². The fourth-order valence-electron chi connectivity index (χ4n) is 4.59. The monoisotopic (exact) mass is 465 g/mol. The van der Waals surface area contributed by atoms with E-state index in [9.17, 15) is 14.9 Å². The summed E-state index contributed by atoms with van der Waals surface area (Å²) in [5.41, 5.74) is 2.85. The number of nitrogens with one attached hydrogen (secondary N) is 2. The smallest absolute Gasteiger partial charge is 0.228 e. The second kappa shape index (κ2) is 10.4. The number of thiophene rings is 1. The number of amides is 2. The van der Waals surface area contributed by atoms with E-state index in [4.69, 9.17) is 0 Å². The first-order valence-electron chi connectivity index (χ1n) is 11.7. The first-order chi connectivity index (χ1) is 15.9. The summed E-state index contributed by atoms with van der Waals surface area (Å²) in [6.45, 7) is 6.44. The molecule has 1 aliphatic carbocycles. The number of fused-ring (bicyclic) bond motifs is 1. The van der Waals surface area contributed by atoms with Crippen molar-refractivity contribution < 1.29 is 9.59 Å². The Morgan fingerprint density at radius 3 is 2.73 bits per heavy atom. The zero-order valence-electron chi connectivity index (χ0n) is 19.3. The van der Waals surface area contributed by atoms with Crippen LogP contribution in [0.2, 0.25) is 0 Å². The number of hydrogen-bond donors (Lipinski definition) is 2. The second-order valence-corrected chi connectivity index (χ2v) is 10.4. The maximum atomic E-state index is 12.6. The average molecular weight is 466 g/mol. The van der Waals surface area contributed by atoms with Crippen molar-refractivity contribution >= 4 is 34.0 Å². The normalized spacial score (nSPS) is 18.9. The molecule has 0 spiro atoms. The highest BCUT2D eigenvalue weighted by atomic mass is 32.1. The molecule has 1 fully saturated rings. The zero-order valence-corrected chi connectivity index (χ0v) is 20.1. The van der Waals surface area contributed by atoms with Gasteiger partial charge in [0.05, 0.1) is 5.56 Å². The van der Waals surface area contributed by atoms with Crippen LogP contribution in [-0.2, 0) is 22.4 Å². The lowest BCUT2D eigenvalue weighted by Gasteiger charge is -2.31. The van der Waals surface area contributed by atoms with Crippen LogP contribution >= 0.6 is 11.3 Å². The van der Waals surface area contributed by atoms with Crippen molar-refractivity contribution in [1.29, 1.82) is 5.26 Å². The minimum atomic E-state index is -0.0524. The first kappa shape index (κ1) is 23.4. The van der Waals surface area contributed by atoms with Crippen LogP contribution in [0.1, 0.15) is 54.2 Å². The predicted octanol–water partition coefficient (Wildman–Crippen LogP) is 4.13. The fraction of sp³-hybridized carbons (Fsp3) is 0.520. The molecule has 0 aromatic carbocycles. The maximum absolute atomic E-state index is 12.6. The summed E-state index contributed by atoms with van der Waals surface area (Å²) >= 11 is 1.57. The van der Waals surface area contributed by atoms with Gasteiger partial charge in [0.25, 0.3) is 0 Å². The van der Waals surface area contributed by atoms with Gasteiger partial charge in [-0.25, -0.2) is 4.98 Å². The van der Waals surface area contributed by atoms with Gasteiger partial charge in [-0.15, -0.1) is 11.3 Å². The Hall–Kier alpha value is -2.76. The van der Waals surface area contributed by atoms with E-state index < -0.39 is 0 Å². The Morgan fingerprint density at radius 2 is 2.03 bits per heavy atom. The molecule has 0 saturated carbocycles. The van der Waals surface area contributed by atoms with Crippen LogP contribution in [-0.4, -0.2) is 41.3 Å². The van der Waals surface area contributed by atoms with E-state index in [0.717, 1.165) is 56.3 Å². The number of pyridine rings is 1. The Morgan fingerprint density at radius 1 is 1.24 bits per heavy atom. The lowest BCUT2D eigenvalue weighted by atomic mass is 9.89. The molecular formula is C25H31N5O2S. The molecule has 2 aromatic heterocycles. The topological polar surface area (TPSA) is 98.1 Å². The number of aryl methyl sites for hydroxylation is 1. The highest BCUT2D eigenvalue weighted by Crippen LogP contribution is 2.39. The number of rotatable bonds is 6. The SMILES string of the molecule is Cc1ccc(NC(=O)C2CCN(CCC(=O)Nc3sc4c(c3C#N)CCC(C)C4)CC2)nc1. The highest BCUT2D eigenvalue weighted by molar-refractivity contribution is 7.16. The summed E-state index contributed by atoms with van der Waals surface area (Å²) in [6.07, 6.45) is 6.69. The quantitative estimate of drug-likeness (QED) is 0.669. The summed E-state index contributed by atoms with van der Waals surface area (Å²) in [4.78, 5) is 32.9. The van der Waals surface area contributed by atoms with Gasteiger partial charge >= 0.3 is 0 Å². The number of aromatic nitrogens is 1. The number of nitrogens with zero attached hydrogens (tertiary/aromatic N) is 3. The Labute approximate surface area is 199 Å². The summed E-state index contributed by atoms with van der Waals surface area (Å²) in [7, 11) is 0. The van der Waals surface area contributed by atoms with Gasteiger partial charge in [0, 0.05) is 30.0 Å². The molecule has 1 unspecified atom stereocenters. The van der Waals surface area contributed by atoms with Crippen molar-refractivity contribution in [2.75, 3.05) is 30.3 Å². The molecule has 174 valence electrons. The third-order valence-corrected chi connectivity index (χ3v) is 7.82. The predicted molar refractivity (Wildman–Crippen MR) is 130 cm³/mol. The number of anilines is 2. The molecule has 3 heterocycles. The van der Waals surface area contributed by atoms with Gasteiger partial charge in [0.2, 0.25) is 11.8 Å². The van der Waals surface area contributed by atoms with Crippen molar-refractivity contribution in [3.63, 3.8) is 0 Å². The molecule has 7 nitrogen and oxygen atoms in total. The number of carbonyl (C=O) groups is 2. The van der Waals surface area contributed by atoms with Crippen LogP contribution in [0.15, 0.2) is 18.3 Å². The number of likely N-dealkylation sites (tertiary alicyclic amines) is 1. The molecule has 8 heteroatoms. The van der Waals surface area contributed by atoms with Crippen molar-refractivity contribution in [3.05, 3.63) is 39.9 Å². The minimum absolute atomic E-state index is 0.0174. The molecule has 0 bridgehead atoms. The van der Waals surface area contributed by atoms with Gasteiger partial charge in [0.15, 0.2) is 0 Å². The molecular weight excluding hydrogens is 434 g/mol. The van der Waals surface area contributed by atoms with Gasteiger partial charge in [0.1, 0.15) is 16.9 Å². The van der Waals surface area contributed by atoms with Gasteiger partial charge in [-0.1, -0.05) is 13.0 Å². The first-order valence-corrected chi connectivity index (χ1v) is 12.5. The van der Waals surface area contributed by atoms with Crippen molar-refractivity contribution in [1.82, 2.24) is 9.88 Å². The van der Waals surface area contributed by atoms with E-state index in [2.05, 4.69) is 33.5 Å². The zero-order chi connectivity index (χ0) is 23.4. The Balaban J connectivity index is 1.22. The Bertz CT molecular complexity index is 1050. The molecule has 1 atom stereocenters. The second-order valence-electron chi connectivity index (χ2n) is 9.29. The van der Waals surface area contributed by atoms with E-state index in [1.54, 1.807) is 17.5 Å². The average Bonchev–Trinajstić information content (AvgIpc) is 3.15. The maximum Gasteiger partial charge on any atom is 0.228 e. The minimum Gasteiger partial charge on any atom is -0.317 e. The Kier molecular flexibility index (Phi) is 7.41. The third kappa shape index (κ3) is 5.79. The summed E-state index contributed by atoms with van der Waals surface area (Å²) in [5.74, 6) is 1.15. The standard InChI is InChI=1S/C25H31N5O2S/c1-16-3-5-19-20(14-26)25(33-21(19)13-16)29-23(31)9-12-30-10-7-18(8-11-30)24(32)28-22-6-4-17(2)15-27-22/h4,6,15-16,18H,3,5,7-13H2,1-2H3,(H,29,31)(H,27,28,32). The van der Waals surface area contributed by atoms with Crippen molar-refractivity contribution in [2.24, 2.45) is 11.8 Å². The molecule has 2 amide bonds. The lowest BCUT2D eigenvalue weighted by molar-refractivity contribution is -0.121. The number of carbonyl (C=O) groups excluding carboxylic acids is 2. The molecule has 2 N–H and O–H groups in total. The van der Waals surface area contributed by atoms with E-state index in [1.807, 2.05) is 19.1 Å². The number of piperidine rings is 1. The van der Waals surface area contributed by atoms with Gasteiger partial charge in [-0.05, 0) is 75.2 Å². The van der Waals surface area contributed by atoms with Gasteiger partial charge in [-0.2, -0.15) is 5.26 Å². The molecule has 33 heavy (non-hydrogen) atoms. The number of hydrogen-bond acceptors (Lipinski definition) is 6. The fourth-order valence-corrected chi connectivity index (χ4v) is 5.97. The van der Waals surface area contributed by atoms with Crippen molar-refractivity contribution in [3.8, 4) is 6.07 Å². The van der Waals surface area contributed by atoms with E-state index in [1.165, 1.54) is 4.88 Å². The van der Waals surface area contributed by atoms with Crippen LogP contribution in [0.5, 0.6) is 0 Å².